The number of para-hydroxylation sites is 2. The molecular weight excluding hydrogens is 392 g/mol. The Morgan fingerprint density at radius 2 is 1.35 bits per heavy atom. The van der Waals surface area contributed by atoms with Gasteiger partial charge < -0.3 is 19.7 Å². The third kappa shape index (κ3) is 7.21. The lowest BCUT2D eigenvalue weighted by Gasteiger charge is -2.41. The van der Waals surface area contributed by atoms with Gasteiger partial charge in [-0.1, -0.05) is 36.4 Å². The molecule has 0 amide bonds. The molecule has 2 aromatic rings. The SMILES string of the molecule is Cc1ccccc1OC[C@H](O)CN1CCN(C[C@@H](O)COc2ccccc2C)[C@H](C)C1. The molecule has 0 unspecified atom stereocenters. The molecule has 1 saturated heterocycles. The van der Waals surface area contributed by atoms with Crippen LogP contribution in [0.1, 0.15) is 18.1 Å². The van der Waals surface area contributed by atoms with E-state index in [1.807, 2.05) is 62.4 Å². The van der Waals surface area contributed by atoms with E-state index in [-0.39, 0.29) is 13.2 Å². The lowest BCUT2D eigenvalue weighted by Crippen LogP contribution is -2.55. The molecule has 6 heteroatoms. The molecule has 0 spiro atoms. The van der Waals surface area contributed by atoms with Crippen LogP contribution >= 0.6 is 0 Å². The summed E-state index contributed by atoms with van der Waals surface area (Å²) in [4.78, 5) is 4.56. The van der Waals surface area contributed by atoms with E-state index in [9.17, 15) is 10.2 Å². The number of aliphatic hydroxyl groups excluding tert-OH is 2. The molecule has 1 aliphatic heterocycles. The molecule has 2 N–H and O–H groups in total. The Labute approximate surface area is 186 Å². The summed E-state index contributed by atoms with van der Waals surface area (Å²) in [6.07, 6.45) is -1.08. The van der Waals surface area contributed by atoms with Gasteiger partial charge in [-0.2, -0.15) is 0 Å². The second-order valence-electron chi connectivity index (χ2n) is 8.56. The van der Waals surface area contributed by atoms with Crippen molar-refractivity contribution >= 4 is 0 Å². The Hall–Kier alpha value is -2.12. The third-order valence-electron chi connectivity index (χ3n) is 5.81. The summed E-state index contributed by atoms with van der Waals surface area (Å²) in [5, 5.41) is 20.9. The fraction of sp³-hybridized carbons (Fsp3) is 0.520. The first kappa shape index (κ1) is 23.5. The molecule has 170 valence electrons. The minimum atomic E-state index is -0.540. The fourth-order valence-corrected chi connectivity index (χ4v) is 3.99. The smallest absolute Gasteiger partial charge is 0.122 e. The molecule has 0 saturated carbocycles. The summed E-state index contributed by atoms with van der Waals surface area (Å²) in [5.41, 5.74) is 2.14. The summed E-state index contributed by atoms with van der Waals surface area (Å²) < 4.78 is 11.6. The maximum Gasteiger partial charge on any atom is 0.122 e. The quantitative estimate of drug-likeness (QED) is 0.606. The number of hydrogen-bond acceptors (Lipinski definition) is 6. The van der Waals surface area contributed by atoms with E-state index < -0.39 is 12.2 Å². The average molecular weight is 429 g/mol. The highest BCUT2D eigenvalue weighted by molar-refractivity contribution is 5.32. The van der Waals surface area contributed by atoms with Crippen LogP contribution in [0.4, 0.5) is 0 Å². The molecule has 2 aromatic carbocycles. The highest BCUT2D eigenvalue weighted by Gasteiger charge is 2.26. The van der Waals surface area contributed by atoms with Gasteiger partial charge in [0.1, 0.15) is 36.9 Å². The van der Waals surface area contributed by atoms with Crippen LogP contribution in [0, 0.1) is 13.8 Å². The second-order valence-corrected chi connectivity index (χ2v) is 8.56. The molecular formula is C25H36N2O4. The monoisotopic (exact) mass is 428 g/mol. The summed E-state index contributed by atoms with van der Waals surface area (Å²) in [6.45, 7) is 10.5. The first-order valence-electron chi connectivity index (χ1n) is 11.1. The van der Waals surface area contributed by atoms with E-state index in [4.69, 9.17) is 9.47 Å². The number of rotatable bonds is 10. The van der Waals surface area contributed by atoms with Crippen LogP contribution < -0.4 is 9.47 Å². The molecule has 1 aliphatic rings. The molecule has 1 heterocycles. The van der Waals surface area contributed by atoms with Crippen molar-refractivity contribution in [3.05, 3.63) is 59.7 Å². The van der Waals surface area contributed by atoms with Crippen LogP contribution in [0.3, 0.4) is 0 Å². The van der Waals surface area contributed by atoms with E-state index in [1.54, 1.807) is 0 Å². The Morgan fingerprint density at radius 3 is 1.87 bits per heavy atom. The zero-order valence-electron chi connectivity index (χ0n) is 18.9. The average Bonchev–Trinajstić information content (AvgIpc) is 2.74. The number of ether oxygens (including phenoxy) is 2. The Bertz CT molecular complexity index is 816. The molecule has 31 heavy (non-hydrogen) atoms. The lowest BCUT2D eigenvalue weighted by molar-refractivity contribution is 0.00235. The van der Waals surface area contributed by atoms with Crippen molar-refractivity contribution in [1.82, 2.24) is 9.80 Å². The third-order valence-corrected chi connectivity index (χ3v) is 5.81. The maximum atomic E-state index is 10.4. The lowest BCUT2D eigenvalue weighted by atomic mass is 10.1. The van der Waals surface area contributed by atoms with Crippen LogP contribution in [0.15, 0.2) is 48.5 Å². The zero-order valence-corrected chi connectivity index (χ0v) is 18.9. The number of benzene rings is 2. The summed E-state index contributed by atoms with van der Waals surface area (Å²) in [7, 11) is 0. The summed E-state index contributed by atoms with van der Waals surface area (Å²) >= 11 is 0. The van der Waals surface area contributed by atoms with Gasteiger partial charge in [0.2, 0.25) is 0 Å². The molecule has 3 rings (SSSR count). The van der Waals surface area contributed by atoms with Crippen molar-refractivity contribution in [2.24, 2.45) is 0 Å². The Balaban J connectivity index is 1.37. The van der Waals surface area contributed by atoms with Gasteiger partial charge in [-0.25, -0.2) is 0 Å². The number of aryl methyl sites for hydroxylation is 2. The van der Waals surface area contributed by atoms with Crippen molar-refractivity contribution in [1.29, 1.82) is 0 Å². The first-order valence-corrected chi connectivity index (χ1v) is 11.1. The number of nitrogens with zero attached hydrogens (tertiary/aromatic N) is 2. The molecule has 1 fully saturated rings. The topological polar surface area (TPSA) is 65.4 Å². The van der Waals surface area contributed by atoms with E-state index in [0.717, 1.165) is 42.3 Å². The van der Waals surface area contributed by atoms with E-state index in [2.05, 4.69) is 16.7 Å². The van der Waals surface area contributed by atoms with Crippen molar-refractivity contribution in [2.75, 3.05) is 45.9 Å². The number of β-amino-alcohol motifs (C(OH)–C–C–N with tert-alkyl or cyclic N) is 2. The molecule has 6 nitrogen and oxygen atoms in total. The van der Waals surface area contributed by atoms with Gasteiger partial charge in [0.15, 0.2) is 0 Å². The number of aliphatic hydroxyl groups is 2. The van der Waals surface area contributed by atoms with Gasteiger partial charge in [-0.05, 0) is 44.0 Å². The van der Waals surface area contributed by atoms with Gasteiger partial charge in [0.25, 0.3) is 0 Å². The zero-order chi connectivity index (χ0) is 22.2. The van der Waals surface area contributed by atoms with Crippen LogP contribution in [0.2, 0.25) is 0 Å². The van der Waals surface area contributed by atoms with Gasteiger partial charge in [-0.3, -0.25) is 9.80 Å². The first-order chi connectivity index (χ1) is 14.9. The van der Waals surface area contributed by atoms with Gasteiger partial charge in [-0.15, -0.1) is 0 Å². The van der Waals surface area contributed by atoms with Crippen molar-refractivity contribution in [3.63, 3.8) is 0 Å². The number of piperazine rings is 1. The van der Waals surface area contributed by atoms with Crippen LogP contribution in [0.5, 0.6) is 11.5 Å². The second kappa shape index (κ2) is 11.5. The number of hydrogen-bond donors (Lipinski definition) is 2. The van der Waals surface area contributed by atoms with Gasteiger partial charge in [0, 0.05) is 38.8 Å². The largest absolute Gasteiger partial charge is 0.491 e. The predicted molar refractivity (Wildman–Crippen MR) is 123 cm³/mol. The molecule has 3 atom stereocenters. The Kier molecular flexibility index (Phi) is 8.72. The van der Waals surface area contributed by atoms with Crippen molar-refractivity contribution in [2.45, 2.75) is 39.0 Å². The normalized spacial score (nSPS) is 19.7. The molecule has 0 aliphatic carbocycles. The Morgan fingerprint density at radius 1 is 0.839 bits per heavy atom. The summed E-state index contributed by atoms with van der Waals surface area (Å²) in [6, 6.07) is 16.0. The summed E-state index contributed by atoms with van der Waals surface area (Å²) in [5.74, 6) is 1.64. The van der Waals surface area contributed by atoms with Crippen molar-refractivity contribution in [3.8, 4) is 11.5 Å². The van der Waals surface area contributed by atoms with Gasteiger partial charge in [0.05, 0.1) is 0 Å². The van der Waals surface area contributed by atoms with Crippen molar-refractivity contribution < 1.29 is 19.7 Å². The highest BCUT2D eigenvalue weighted by atomic mass is 16.5. The highest BCUT2D eigenvalue weighted by Crippen LogP contribution is 2.18. The predicted octanol–water partition coefficient (Wildman–Crippen LogP) is 2.49. The van der Waals surface area contributed by atoms with Crippen LogP contribution in [-0.2, 0) is 0 Å². The van der Waals surface area contributed by atoms with E-state index in [1.165, 1.54) is 0 Å². The molecule has 0 aromatic heterocycles. The van der Waals surface area contributed by atoms with E-state index >= 15 is 0 Å². The minimum Gasteiger partial charge on any atom is -0.491 e. The van der Waals surface area contributed by atoms with Gasteiger partial charge >= 0.3 is 0 Å². The van der Waals surface area contributed by atoms with Crippen LogP contribution in [-0.4, -0.2) is 84.2 Å². The molecule has 0 bridgehead atoms. The van der Waals surface area contributed by atoms with E-state index in [0.29, 0.717) is 19.1 Å². The minimum absolute atomic E-state index is 0.284. The fourth-order valence-electron chi connectivity index (χ4n) is 3.99. The molecule has 0 radical (unpaired) electrons. The standard InChI is InChI=1S/C25H36N2O4/c1-19-8-4-6-10-24(19)30-17-22(28)15-26-12-13-27(21(3)14-26)16-23(29)18-31-25-11-7-5-9-20(25)2/h4-11,21-23,28-29H,12-18H2,1-3H3/t21-,22-,23-/m1/s1. The van der Waals surface area contributed by atoms with Crippen LogP contribution in [0.25, 0.3) is 0 Å². The maximum absolute atomic E-state index is 10.4.